The van der Waals surface area contributed by atoms with Gasteiger partial charge in [0.05, 0.1) is 38.6 Å². The Balaban J connectivity index is 1.27. The summed E-state index contributed by atoms with van der Waals surface area (Å²) in [5.74, 6) is -0.282. The van der Waals surface area contributed by atoms with E-state index in [-0.39, 0.29) is 18.9 Å². The minimum atomic E-state index is -1.98. The van der Waals surface area contributed by atoms with Crippen LogP contribution in [0.15, 0.2) is 24.3 Å². The molecule has 92 heavy (non-hydrogen) atoms. The first kappa shape index (κ1) is 84.5. The molecule has 19 heteroatoms. The van der Waals surface area contributed by atoms with Crippen LogP contribution < -0.4 is 5.32 Å². The second-order valence-corrected chi connectivity index (χ2v) is 27.1. The number of carbonyl (C=O) groups excluding carboxylic acids is 1. The largest absolute Gasteiger partial charge is 0.394 e. The second-order valence-electron chi connectivity index (χ2n) is 27.1. The first-order valence-electron chi connectivity index (χ1n) is 37.6. The number of aliphatic hydroxyl groups excluding tert-OH is 11. The third-order valence-corrected chi connectivity index (χ3v) is 19.0. The molecule has 0 saturated carbocycles. The van der Waals surface area contributed by atoms with Crippen LogP contribution in [0.4, 0.5) is 0 Å². The van der Waals surface area contributed by atoms with Gasteiger partial charge in [-0.05, 0) is 32.1 Å². The average molecular weight is 1320 g/mol. The SMILES string of the molecule is CCCCCC/C=C/CC/C=C/C(O)C(COC1OC(CO)C(OC2OC(CO)C(OC3OC(CO)C(O)C(O)C3O)C(O)C2O)C(O)C1O)NC(=O)CCCCCCCCCCCCCCCCCCCCCCCCCCCCCCCCCCCCCCC. The maximum absolute atomic E-state index is 13.4. The molecule has 3 rings (SSSR count). The highest BCUT2D eigenvalue weighted by atomic mass is 16.8. The Morgan fingerprint density at radius 2 is 0.696 bits per heavy atom. The van der Waals surface area contributed by atoms with E-state index in [2.05, 4.69) is 31.3 Å². The molecule has 3 aliphatic rings. The van der Waals surface area contributed by atoms with Crippen LogP contribution in [-0.4, -0.2) is 193 Å². The van der Waals surface area contributed by atoms with Crippen LogP contribution >= 0.6 is 0 Å². The highest BCUT2D eigenvalue weighted by molar-refractivity contribution is 5.76. The van der Waals surface area contributed by atoms with Crippen LogP contribution in [-0.2, 0) is 33.2 Å². The zero-order chi connectivity index (χ0) is 66.8. The van der Waals surface area contributed by atoms with E-state index in [1.54, 1.807) is 6.08 Å². The van der Waals surface area contributed by atoms with Gasteiger partial charge >= 0.3 is 0 Å². The van der Waals surface area contributed by atoms with Crippen molar-refractivity contribution in [3.05, 3.63) is 24.3 Å². The van der Waals surface area contributed by atoms with E-state index in [1.807, 2.05) is 6.08 Å². The third kappa shape index (κ3) is 36.2. The van der Waals surface area contributed by atoms with E-state index in [0.29, 0.717) is 12.8 Å². The topological polar surface area (TPSA) is 307 Å². The molecule has 0 aromatic carbocycles. The molecule has 0 radical (unpaired) electrons. The van der Waals surface area contributed by atoms with Gasteiger partial charge in [0.25, 0.3) is 0 Å². The Kier molecular flexibility index (Phi) is 50.7. The molecular weight excluding hydrogens is 1180 g/mol. The summed E-state index contributed by atoms with van der Waals surface area (Å²) in [4.78, 5) is 13.4. The van der Waals surface area contributed by atoms with Crippen molar-refractivity contribution in [2.75, 3.05) is 26.4 Å². The molecule has 542 valence electrons. The predicted octanol–water partition coefficient (Wildman–Crippen LogP) is 11.0. The summed E-state index contributed by atoms with van der Waals surface area (Å²) in [5, 5.41) is 120. The van der Waals surface area contributed by atoms with E-state index in [0.717, 1.165) is 38.5 Å². The highest BCUT2D eigenvalue weighted by Crippen LogP contribution is 2.33. The van der Waals surface area contributed by atoms with Crippen LogP contribution in [0.25, 0.3) is 0 Å². The van der Waals surface area contributed by atoms with Gasteiger partial charge in [0, 0.05) is 6.42 Å². The lowest BCUT2D eigenvalue weighted by molar-refractivity contribution is -0.379. The maximum atomic E-state index is 13.4. The Labute approximate surface area is 556 Å². The third-order valence-electron chi connectivity index (χ3n) is 19.0. The van der Waals surface area contributed by atoms with E-state index >= 15 is 0 Å². The number of nitrogens with one attached hydrogen (secondary N) is 1. The molecule has 3 saturated heterocycles. The van der Waals surface area contributed by atoms with Crippen molar-refractivity contribution in [3.8, 4) is 0 Å². The van der Waals surface area contributed by atoms with Crippen molar-refractivity contribution >= 4 is 5.91 Å². The molecule has 19 nitrogen and oxygen atoms in total. The Hall–Kier alpha value is -1.73. The van der Waals surface area contributed by atoms with Gasteiger partial charge in [-0.15, -0.1) is 0 Å². The predicted molar refractivity (Wildman–Crippen MR) is 360 cm³/mol. The van der Waals surface area contributed by atoms with Crippen LogP contribution in [0.2, 0.25) is 0 Å². The summed E-state index contributed by atoms with van der Waals surface area (Å²) in [6.45, 7) is 1.69. The van der Waals surface area contributed by atoms with E-state index < -0.39 is 124 Å². The van der Waals surface area contributed by atoms with Gasteiger partial charge in [0.1, 0.15) is 73.2 Å². The Morgan fingerprint density at radius 1 is 0.380 bits per heavy atom. The lowest BCUT2D eigenvalue weighted by Crippen LogP contribution is -2.66. The summed E-state index contributed by atoms with van der Waals surface area (Å²) in [5.41, 5.74) is 0. The molecule has 0 aromatic heterocycles. The number of aliphatic hydroxyl groups is 11. The summed E-state index contributed by atoms with van der Waals surface area (Å²) in [7, 11) is 0. The fraction of sp³-hybridized carbons (Fsp3) is 0.932. The molecular formula is C73H137NO18. The first-order chi connectivity index (χ1) is 44.8. The van der Waals surface area contributed by atoms with Crippen LogP contribution in [0.5, 0.6) is 0 Å². The number of unbranched alkanes of at least 4 members (excludes halogenated alkanes) is 41. The zero-order valence-corrected chi connectivity index (χ0v) is 57.5. The smallest absolute Gasteiger partial charge is 0.220 e. The number of hydrogen-bond acceptors (Lipinski definition) is 18. The fourth-order valence-electron chi connectivity index (χ4n) is 12.9. The molecule has 0 aromatic rings. The Bertz CT molecular complexity index is 1760. The molecule has 0 bridgehead atoms. The van der Waals surface area contributed by atoms with Gasteiger partial charge in [0.2, 0.25) is 5.91 Å². The van der Waals surface area contributed by atoms with Gasteiger partial charge in [-0.3, -0.25) is 4.79 Å². The van der Waals surface area contributed by atoms with Crippen molar-refractivity contribution < 1.29 is 89.4 Å². The quantitative estimate of drug-likeness (QED) is 0.0199. The molecule has 12 N–H and O–H groups in total. The lowest BCUT2D eigenvalue weighted by atomic mass is 9.96. The lowest BCUT2D eigenvalue weighted by Gasteiger charge is -2.48. The summed E-state index contributed by atoms with van der Waals surface area (Å²) in [6, 6.07) is -0.985. The van der Waals surface area contributed by atoms with Crippen LogP contribution in [0.3, 0.4) is 0 Å². The van der Waals surface area contributed by atoms with Gasteiger partial charge in [-0.1, -0.05) is 289 Å². The van der Waals surface area contributed by atoms with Crippen molar-refractivity contribution in [3.63, 3.8) is 0 Å². The van der Waals surface area contributed by atoms with E-state index in [1.165, 1.54) is 231 Å². The highest BCUT2D eigenvalue weighted by Gasteiger charge is 2.53. The zero-order valence-electron chi connectivity index (χ0n) is 57.5. The molecule has 0 aliphatic carbocycles. The van der Waals surface area contributed by atoms with Gasteiger partial charge in [-0.25, -0.2) is 0 Å². The number of amides is 1. The number of rotatable bonds is 59. The monoisotopic (exact) mass is 1320 g/mol. The fourth-order valence-corrected chi connectivity index (χ4v) is 12.9. The summed E-state index contributed by atoms with van der Waals surface area (Å²) in [6.07, 6.45) is 38.1. The van der Waals surface area contributed by atoms with Gasteiger partial charge in [-0.2, -0.15) is 0 Å². The number of hydrogen-bond donors (Lipinski definition) is 12. The molecule has 1 amide bonds. The number of carbonyl (C=O) groups is 1. The standard InChI is InChI=1S/C73H137NO18/c1-3-5-7-9-11-13-15-16-17-18-19-20-21-22-23-24-25-26-27-28-29-30-31-32-33-34-35-36-37-38-39-40-41-43-45-47-49-51-61(79)74-56(57(78)50-48-46-44-42-14-12-10-8-6-4-2)55-87-71-67(85)64(82)69(59(53-76)89-71)92-73-68(86)65(83)70(60(54-77)90-73)91-72-66(84)63(81)62(80)58(52-75)88-72/h14,42,48,50,56-60,62-73,75-78,80-86H,3-13,15-41,43-47,49,51-55H2,1-2H3,(H,74,79)/b42-14+,50-48+. The second kappa shape index (κ2) is 55.2. The molecule has 3 aliphatic heterocycles. The van der Waals surface area contributed by atoms with Gasteiger partial charge < -0.3 is 89.9 Å². The summed E-state index contributed by atoms with van der Waals surface area (Å²) >= 11 is 0. The normalized spacial score (nSPS) is 27.8. The van der Waals surface area contributed by atoms with Gasteiger partial charge in [0.15, 0.2) is 18.9 Å². The van der Waals surface area contributed by atoms with Crippen molar-refractivity contribution in [1.29, 1.82) is 0 Å². The van der Waals surface area contributed by atoms with E-state index in [4.69, 9.17) is 28.4 Å². The van der Waals surface area contributed by atoms with Crippen LogP contribution in [0, 0.1) is 0 Å². The first-order valence-corrected chi connectivity index (χ1v) is 37.6. The summed E-state index contributed by atoms with van der Waals surface area (Å²) < 4.78 is 34.3. The number of ether oxygens (including phenoxy) is 6. The van der Waals surface area contributed by atoms with E-state index in [9.17, 15) is 61.0 Å². The van der Waals surface area contributed by atoms with Crippen molar-refractivity contribution in [2.24, 2.45) is 0 Å². The van der Waals surface area contributed by atoms with Crippen LogP contribution in [0.1, 0.15) is 303 Å². The molecule has 17 unspecified atom stereocenters. The maximum Gasteiger partial charge on any atom is 0.220 e. The Morgan fingerprint density at radius 3 is 1.09 bits per heavy atom. The van der Waals surface area contributed by atoms with Crippen molar-refractivity contribution in [2.45, 2.75) is 407 Å². The number of allylic oxidation sites excluding steroid dienone is 3. The molecule has 3 heterocycles. The molecule has 0 spiro atoms. The molecule has 3 fully saturated rings. The molecule has 17 atom stereocenters. The average Bonchev–Trinajstić information content (AvgIpc) is 0.803. The van der Waals surface area contributed by atoms with Crippen molar-refractivity contribution in [1.82, 2.24) is 5.32 Å². The minimum absolute atomic E-state index is 0.240. The minimum Gasteiger partial charge on any atom is -0.394 e.